The highest BCUT2D eigenvalue weighted by atomic mass is 35.5. The highest BCUT2D eigenvalue weighted by Gasteiger charge is 2.28. The Balaban J connectivity index is 0.00000218. The van der Waals surface area contributed by atoms with Crippen LogP contribution in [-0.4, -0.2) is 22.7 Å². The number of aromatic carboxylic acids is 1. The number of carboxylic acid groups (broad SMARTS) is 1. The Kier molecular flexibility index (Phi) is 5.46. The monoisotopic (exact) mass is 448 g/mol. The number of hydrogen-bond acceptors (Lipinski definition) is 4. The molecule has 3 aromatic rings. The summed E-state index contributed by atoms with van der Waals surface area (Å²) in [5.41, 5.74) is 1.36. The van der Waals surface area contributed by atoms with Gasteiger partial charge in [0.1, 0.15) is 11.4 Å². The molecule has 2 aliphatic rings. The van der Waals surface area contributed by atoms with Gasteiger partial charge in [0.25, 0.3) is 0 Å². The first kappa shape index (κ1) is 21.0. The van der Waals surface area contributed by atoms with E-state index in [9.17, 15) is 14.7 Å². The van der Waals surface area contributed by atoms with Gasteiger partial charge in [0.15, 0.2) is 0 Å². The van der Waals surface area contributed by atoms with Gasteiger partial charge >= 0.3 is 5.97 Å². The molecule has 158 valence electrons. The number of nitrogens with zero attached hydrogens (tertiary/aromatic N) is 1. The van der Waals surface area contributed by atoms with Gasteiger partial charge in [-0.3, -0.25) is 4.79 Å². The van der Waals surface area contributed by atoms with Crippen molar-refractivity contribution >= 4 is 40.6 Å². The molecule has 0 aliphatic heterocycles. The number of carboxylic acids is 1. The van der Waals surface area contributed by atoms with E-state index in [1.54, 1.807) is 15.9 Å². The Hall–Kier alpha value is -2.22. The summed E-state index contributed by atoms with van der Waals surface area (Å²) in [6, 6.07) is 5.78. The van der Waals surface area contributed by atoms with E-state index in [4.69, 9.17) is 0 Å². The maximum absolute atomic E-state index is 15.1. The Morgan fingerprint density at radius 3 is 2.70 bits per heavy atom. The topological polar surface area (TPSA) is 71.3 Å². The predicted octanol–water partition coefficient (Wildman–Crippen LogP) is 4.92. The third-order valence-corrected chi connectivity index (χ3v) is 7.26. The van der Waals surface area contributed by atoms with Crippen molar-refractivity contribution in [2.24, 2.45) is 0 Å². The smallest absolute Gasteiger partial charge is 0.341 e. The molecule has 1 atom stereocenters. The van der Waals surface area contributed by atoms with E-state index >= 15 is 4.39 Å². The fraction of sp³-hybridized carbons (Fsp3) is 0.364. The first-order valence-corrected chi connectivity index (χ1v) is 10.7. The van der Waals surface area contributed by atoms with Gasteiger partial charge in [-0.15, -0.1) is 23.7 Å². The Bertz CT molecular complexity index is 1220. The van der Waals surface area contributed by atoms with Gasteiger partial charge in [0.2, 0.25) is 5.43 Å². The molecule has 5 rings (SSSR count). The van der Waals surface area contributed by atoms with Crippen molar-refractivity contribution in [2.45, 2.75) is 44.2 Å². The molecular formula is C22H22ClFN2O3S. The Morgan fingerprint density at radius 1 is 1.27 bits per heavy atom. The SMILES string of the molecule is CNC1CCCc2sc(-c3cc(F)c4c(=O)c(C(=O)O)cn(C5CC5)c4c3)cc21.Cl. The van der Waals surface area contributed by atoms with E-state index in [0.29, 0.717) is 11.6 Å². The first-order valence-electron chi connectivity index (χ1n) is 9.90. The summed E-state index contributed by atoms with van der Waals surface area (Å²) in [4.78, 5) is 26.4. The summed E-state index contributed by atoms with van der Waals surface area (Å²) in [5, 5.41) is 12.6. The summed E-state index contributed by atoms with van der Waals surface area (Å²) in [7, 11) is 1.96. The third kappa shape index (κ3) is 3.35. The zero-order chi connectivity index (χ0) is 20.3. The van der Waals surface area contributed by atoms with E-state index in [1.807, 2.05) is 13.1 Å². The molecule has 2 N–H and O–H groups in total. The van der Waals surface area contributed by atoms with Crippen molar-refractivity contribution in [3.05, 3.63) is 56.4 Å². The fourth-order valence-electron chi connectivity index (χ4n) is 4.37. The van der Waals surface area contributed by atoms with E-state index in [0.717, 1.165) is 42.5 Å². The fourth-order valence-corrected chi connectivity index (χ4v) is 5.62. The normalized spacial score (nSPS) is 18.1. The van der Waals surface area contributed by atoms with Crippen LogP contribution in [0.15, 0.2) is 29.2 Å². The summed E-state index contributed by atoms with van der Waals surface area (Å²) < 4.78 is 16.9. The zero-order valence-corrected chi connectivity index (χ0v) is 18.0. The summed E-state index contributed by atoms with van der Waals surface area (Å²) >= 11 is 1.68. The van der Waals surface area contributed by atoms with Gasteiger partial charge < -0.3 is 15.0 Å². The number of benzene rings is 1. The molecule has 2 heterocycles. The molecule has 1 aromatic carbocycles. The number of carbonyl (C=O) groups is 1. The number of rotatable bonds is 4. The molecule has 0 saturated heterocycles. The molecule has 0 radical (unpaired) electrons. The minimum atomic E-state index is -1.32. The second-order valence-corrected chi connectivity index (χ2v) is 9.03. The number of aromatic nitrogens is 1. The van der Waals surface area contributed by atoms with Crippen LogP contribution in [0.2, 0.25) is 0 Å². The van der Waals surface area contributed by atoms with E-state index in [1.165, 1.54) is 22.7 Å². The molecule has 1 unspecified atom stereocenters. The van der Waals surface area contributed by atoms with Gasteiger partial charge in [-0.1, -0.05) is 0 Å². The molecule has 30 heavy (non-hydrogen) atoms. The molecule has 5 nitrogen and oxygen atoms in total. The van der Waals surface area contributed by atoms with Crippen LogP contribution in [0.25, 0.3) is 21.3 Å². The second kappa shape index (κ2) is 7.80. The average molecular weight is 449 g/mol. The lowest BCUT2D eigenvalue weighted by molar-refractivity contribution is 0.0695. The number of halogens is 2. The standard InChI is InChI=1S/C22H21FN2O3S.ClH/c1-24-16-3-2-4-18-13(16)9-19(29-18)11-7-15(23)20-17(8-11)25(12-5-6-12)10-14(21(20)26)22(27)28;/h7-10,12,16,24H,2-6H2,1H3,(H,27,28);1H. The number of thiophene rings is 1. The lowest BCUT2D eigenvalue weighted by atomic mass is 9.93. The average Bonchev–Trinajstić information content (AvgIpc) is 3.44. The van der Waals surface area contributed by atoms with Crippen molar-refractivity contribution in [3.63, 3.8) is 0 Å². The van der Waals surface area contributed by atoms with Crippen LogP contribution in [0.3, 0.4) is 0 Å². The zero-order valence-electron chi connectivity index (χ0n) is 16.4. The summed E-state index contributed by atoms with van der Waals surface area (Å²) in [6.07, 6.45) is 6.43. The molecule has 0 amide bonds. The molecule has 8 heteroatoms. The van der Waals surface area contributed by atoms with E-state index in [2.05, 4.69) is 11.4 Å². The minimum absolute atomic E-state index is 0. The largest absolute Gasteiger partial charge is 0.477 e. The third-order valence-electron chi connectivity index (χ3n) is 6.00. The van der Waals surface area contributed by atoms with Gasteiger partial charge in [0.05, 0.1) is 10.9 Å². The van der Waals surface area contributed by atoms with Gasteiger partial charge in [-0.25, -0.2) is 9.18 Å². The molecule has 0 spiro atoms. The lowest BCUT2D eigenvalue weighted by Crippen LogP contribution is -2.20. The quantitative estimate of drug-likeness (QED) is 0.594. The van der Waals surface area contributed by atoms with Crippen molar-refractivity contribution in [1.29, 1.82) is 0 Å². The van der Waals surface area contributed by atoms with Crippen LogP contribution in [0, 0.1) is 5.82 Å². The van der Waals surface area contributed by atoms with Crippen LogP contribution >= 0.6 is 23.7 Å². The number of hydrogen-bond donors (Lipinski definition) is 2. The molecule has 0 bridgehead atoms. The maximum Gasteiger partial charge on any atom is 0.341 e. The van der Waals surface area contributed by atoms with Gasteiger partial charge in [-0.05, 0) is 68.5 Å². The van der Waals surface area contributed by atoms with Crippen LogP contribution in [0.5, 0.6) is 0 Å². The molecular weight excluding hydrogens is 427 g/mol. The van der Waals surface area contributed by atoms with Crippen molar-refractivity contribution in [2.75, 3.05) is 7.05 Å². The highest BCUT2D eigenvalue weighted by Crippen LogP contribution is 2.42. The van der Waals surface area contributed by atoms with Crippen molar-refractivity contribution in [1.82, 2.24) is 9.88 Å². The molecule has 1 fully saturated rings. The van der Waals surface area contributed by atoms with Gasteiger partial charge in [-0.2, -0.15) is 0 Å². The van der Waals surface area contributed by atoms with Crippen molar-refractivity contribution < 1.29 is 14.3 Å². The maximum atomic E-state index is 15.1. The van der Waals surface area contributed by atoms with E-state index < -0.39 is 17.2 Å². The van der Waals surface area contributed by atoms with E-state index in [-0.39, 0.29) is 29.4 Å². The lowest BCUT2D eigenvalue weighted by Gasteiger charge is -2.21. The highest BCUT2D eigenvalue weighted by molar-refractivity contribution is 7.15. The van der Waals surface area contributed by atoms with Crippen LogP contribution in [0.1, 0.15) is 58.6 Å². The van der Waals surface area contributed by atoms with Crippen molar-refractivity contribution in [3.8, 4) is 10.4 Å². The summed E-state index contributed by atoms with van der Waals surface area (Å²) in [6.45, 7) is 0. The van der Waals surface area contributed by atoms with Crippen LogP contribution < -0.4 is 10.7 Å². The minimum Gasteiger partial charge on any atom is -0.477 e. The number of fused-ring (bicyclic) bond motifs is 2. The number of nitrogens with one attached hydrogen (secondary N) is 1. The first-order chi connectivity index (χ1) is 14.0. The number of aryl methyl sites for hydroxylation is 1. The van der Waals surface area contributed by atoms with Crippen LogP contribution in [0.4, 0.5) is 4.39 Å². The number of pyridine rings is 1. The second-order valence-electron chi connectivity index (χ2n) is 7.89. The van der Waals surface area contributed by atoms with Crippen LogP contribution in [-0.2, 0) is 6.42 Å². The predicted molar refractivity (Wildman–Crippen MR) is 119 cm³/mol. The Morgan fingerprint density at radius 2 is 2.03 bits per heavy atom. The Labute approximate surface area is 182 Å². The molecule has 1 saturated carbocycles. The molecule has 2 aliphatic carbocycles. The molecule has 2 aromatic heterocycles. The van der Waals surface area contributed by atoms with Gasteiger partial charge in [0, 0.05) is 28.0 Å². The summed E-state index contributed by atoms with van der Waals surface area (Å²) in [5.74, 6) is -1.98.